The number of aliphatic imine (C=N–C) groups is 1. The van der Waals surface area contributed by atoms with E-state index >= 15 is 0 Å². The molecule has 5 nitrogen and oxygen atoms in total. The Morgan fingerprint density at radius 3 is 2.74 bits per heavy atom. The lowest BCUT2D eigenvalue weighted by molar-refractivity contribution is -0.135. The number of hydrogen-bond donors (Lipinski definition) is 2. The first kappa shape index (κ1) is 19.6. The highest BCUT2D eigenvalue weighted by atomic mass is 19.1. The molecule has 1 aliphatic heterocycles. The van der Waals surface area contributed by atoms with E-state index in [0.29, 0.717) is 24.0 Å². The highest BCUT2D eigenvalue weighted by molar-refractivity contribution is 5.81. The van der Waals surface area contributed by atoms with Crippen LogP contribution in [0.2, 0.25) is 0 Å². The van der Waals surface area contributed by atoms with Crippen molar-refractivity contribution in [3.8, 4) is 0 Å². The van der Waals surface area contributed by atoms with Gasteiger partial charge in [0.2, 0.25) is 5.91 Å². The molecule has 1 heterocycles. The molecule has 0 aromatic heterocycles. The zero-order valence-electron chi connectivity index (χ0n) is 16.2. The van der Waals surface area contributed by atoms with Crippen LogP contribution < -0.4 is 10.6 Å². The lowest BCUT2D eigenvalue weighted by Gasteiger charge is -2.26. The van der Waals surface area contributed by atoms with Crippen molar-refractivity contribution in [1.29, 1.82) is 0 Å². The first-order chi connectivity index (χ1) is 13.2. The number of amides is 1. The van der Waals surface area contributed by atoms with E-state index in [0.717, 1.165) is 38.9 Å². The zero-order valence-corrected chi connectivity index (χ0v) is 16.2. The average molecular weight is 375 g/mol. The average Bonchev–Trinajstić information content (AvgIpc) is 3.16. The van der Waals surface area contributed by atoms with Gasteiger partial charge in [-0.1, -0.05) is 37.5 Å². The highest BCUT2D eigenvalue weighted by Gasteiger charge is 2.31. The van der Waals surface area contributed by atoms with E-state index in [-0.39, 0.29) is 17.8 Å². The van der Waals surface area contributed by atoms with E-state index in [1.165, 1.54) is 25.3 Å². The Balaban J connectivity index is 1.54. The Hall–Kier alpha value is -2.11. The Kier molecular flexibility index (Phi) is 7.07. The summed E-state index contributed by atoms with van der Waals surface area (Å²) in [5, 5.41) is 6.64. The van der Waals surface area contributed by atoms with Gasteiger partial charge >= 0.3 is 0 Å². The summed E-state index contributed by atoms with van der Waals surface area (Å²) in [5.74, 6) is 0.993. The second-order valence-corrected chi connectivity index (χ2v) is 7.54. The second-order valence-electron chi connectivity index (χ2n) is 7.54. The number of rotatable bonds is 5. The third-order valence-electron chi connectivity index (χ3n) is 5.50. The maximum absolute atomic E-state index is 13.8. The largest absolute Gasteiger partial charge is 0.357 e. The van der Waals surface area contributed by atoms with Gasteiger partial charge in [-0.15, -0.1) is 0 Å². The number of hydrogen-bond acceptors (Lipinski definition) is 2. The van der Waals surface area contributed by atoms with Gasteiger partial charge in [-0.25, -0.2) is 9.38 Å². The first-order valence-corrected chi connectivity index (χ1v) is 10.2. The van der Waals surface area contributed by atoms with Gasteiger partial charge in [-0.3, -0.25) is 4.79 Å². The molecule has 148 valence electrons. The molecule has 1 aromatic rings. The molecule has 6 heteroatoms. The van der Waals surface area contributed by atoms with Crippen molar-refractivity contribution in [3.05, 3.63) is 35.6 Å². The predicted molar refractivity (Wildman–Crippen MR) is 106 cm³/mol. The number of carbonyl (C=O) groups is 1. The topological polar surface area (TPSA) is 56.7 Å². The normalized spacial score (nSPS) is 21.3. The number of guanidine groups is 1. The Labute approximate surface area is 161 Å². The molecule has 0 spiro atoms. The Bertz CT molecular complexity index is 657. The third kappa shape index (κ3) is 5.44. The molecule has 1 aliphatic carbocycles. The number of nitrogens with one attached hydrogen (secondary N) is 2. The number of nitrogens with zero attached hydrogens (tertiary/aromatic N) is 2. The molecule has 27 heavy (non-hydrogen) atoms. The molecule has 2 N–H and O–H groups in total. The van der Waals surface area contributed by atoms with Gasteiger partial charge in [0.25, 0.3) is 0 Å². The molecule has 1 saturated carbocycles. The smallest absolute Gasteiger partial charge is 0.225 e. The lowest BCUT2D eigenvalue weighted by atomic mass is 9.88. The van der Waals surface area contributed by atoms with Gasteiger partial charge in [0.1, 0.15) is 5.82 Å². The summed E-state index contributed by atoms with van der Waals surface area (Å²) < 4.78 is 13.8. The predicted octanol–water partition coefficient (Wildman–Crippen LogP) is 3.06. The van der Waals surface area contributed by atoms with Gasteiger partial charge in [0, 0.05) is 37.2 Å². The Morgan fingerprint density at radius 2 is 2.00 bits per heavy atom. The molecule has 1 unspecified atom stereocenters. The van der Waals surface area contributed by atoms with Crippen LogP contribution in [0, 0.1) is 11.7 Å². The minimum Gasteiger partial charge on any atom is -0.357 e. The zero-order chi connectivity index (χ0) is 19.1. The van der Waals surface area contributed by atoms with Crippen LogP contribution in [-0.4, -0.2) is 42.4 Å². The van der Waals surface area contributed by atoms with E-state index in [9.17, 15) is 9.18 Å². The molecule has 2 aliphatic rings. The van der Waals surface area contributed by atoms with Gasteiger partial charge in [0.15, 0.2) is 5.96 Å². The first-order valence-electron chi connectivity index (χ1n) is 10.2. The van der Waals surface area contributed by atoms with Crippen LogP contribution in [0.25, 0.3) is 0 Å². The van der Waals surface area contributed by atoms with Crippen LogP contribution in [0.1, 0.15) is 51.0 Å². The molecular formula is C21H31FN4O. The van der Waals surface area contributed by atoms with Crippen molar-refractivity contribution in [2.45, 2.75) is 58.0 Å². The number of benzene rings is 1. The molecule has 1 aromatic carbocycles. The number of halogens is 1. The van der Waals surface area contributed by atoms with E-state index in [1.807, 2.05) is 17.9 Å². The van der Waals surface area contributed by atoms with E-state index in [4.69, 9.17) is 0 Å². The van der Waals surface area contributed by atoms with Crippen LogP contribution >= 0.6 is 0 Å². The van der Waals surface area contributed by atoms with Crippen molar-refractivity contribution in [1.82, 2.24) is 15.5 Å². The summed E-state index contributed by atoms with van der Waals surface area (Å²) in [5.41, 5.74) is 0.579. The van der Waals surface area contributed by atoms with Crippen molar-refractivity contribution in [2.24, 2.45) is 10.9 Å². The minimum absolute atomic E-state index is 0.191. The quantitative estimate of drug-likeness (QED) is 0.615. The maximum Gasteiger partial charge on any atom is 0.225 e. The van der Waals surface area contributed by atoms with Crippen molar-refractivity contribution in [3.63, 3.8) is 0 Å². The molecule has 2 fully saturated rings. The van der Waals surface area contributed by atoms with Crippen molar-refractivity contribution < 1.29 is 9.18 Å². The van der Waals surface area contributed by atoms with Crippen molar-refractivity contribution >= 4 is 11.9 Å². The Morgan fingerprint density at radius 1 is 1.22 bits per heavy atom. The maximum atomic E-state index is 13.8. The molecule has 3 rings (SSSR count). The van der Waals surface area contributed by atoms with Crippen LogP contribution in [0.3, 0.4) is 0 Å². The molecular weight excluding hydrogens is 343 g/mol. The highest BCUT2D eigenvalue weighted by Crippen LogP contribution is 2.26. The van der Waals surface area contributed by atoms with Crippen LogP contribution in [-0.2, 0) is 11.3 Å². The summed E-state index contributed by atoms with van der Waals surface area (Å²) in [6.45, 7) is 4.56. The lowest BCUT2D eigenvalue weighted by Crippen LogP contribution is -2.45. The number of likely N-dealkylation sites (tertiary alicyclic amines) is 1. The fourth-order valence-corrected chi connectivity index (χ4v) is 3.99. The van der Waals surface area contributed by atoms with Crippen LogP contribution in [0.5, 0.6) is 0 Å². The molecule has 1 atom stereocenters. The van der Waals surface area contributed by atoms with Gasteiger partial charge < -0.3 is 15.5 Å². The summed E-state index contributed by atoms with van der Waals surface area (Å²) in [7, 11) is 0. The van der Waals surface area contributed by atoms with Crippen LogP contribution in [0.15, 0.2) is 29.3 Å². The monoisotopic (exact) mass is 374 g/mol. The fourth-order valence-electron chi connectivity index (χ4n) is 3.99. The molecule has 1 saturated heterocycles. The van der Waals surface area contributed by atoms with E-state index in [1.54, 1.807) is 12.1 Å². The second kappa shape index (κ2) is 9.72. The molecule has 1 amide bonds. The summed E-state index contributed by atoms with van der Waals surface area (Å²) in [6.07, 6.45) is 6.62. The summed E-state index contributed by atoms with van der Waals surface area (Å²) in [6, 6.07) is 6.90. The standard InChI is InChI=1S/C21H31FN4O/c1-2-23-21(24-14-17-10-6-7-11-19(17)22)25-18-12-13-26(15-18)20(27)16-8-4-3-5-9-16/h6-7,10-11,16,18H,2-5,8-9,12-15H2,1H3,(H2,23,24,25). The van der Waals surface area contributed by atoms with E-state index in [2.05, 4.69) is 15.6 Å². The van der Waals surface area contributed by atoms with Gasteiger partial charge in [-0.2, -0.15) is 0 Å². The van der Waals surface area contributed by atoms with Gasteiger partial charge in [-0.05, 0) is 32.3 Å². The van der Waals surface area contributed by atoms with Gasteiger partial charge in [0.05, 0.1) is 6.54 Å². The third-order valence-corrected chi connectivity index (χ3v) is 5.50. The number of carbonyl (C=O) groups excluding carboxylic acids is 1. The fraction of sp³-hybridized carbons (Fsp3) is 0.619. The minimum atomic E-state index is -0.234. The molecule has 0 radical (unpaired) electrons. The van der Waals surface area contributed by atoms with E-state index < -0.39 is 0 Å². The summed E-state index contributed by atoms with van der Waals surface area (Å²) >= 11 is 0. The molecule has 0 bridgehead atoms. The van der Waals surface area contributed by atoms with Crippen molar-refractivity contribution in [2.75, 3.05) is 19.6 Å². The van der Waals surface area contributed by atoms with Crippen LogP contribution in [0.4, 0.5) is 4.39 Å². The summed E-state index contributed by atoms with van der Waals surface area (Å²) in [4.78, 5) is 19.2. The SMILES string of the molecule is CCNC(=NCc1ccccc1F)NC1CCN(C(=O)C2CCCCC2)C1.